The molecule has 82 valence electrons. The molecule has 0 bridgehead atoms. The molecule has 2 heterocycles. The number of ether oxygens (including phenoxy) is 1. The predicted molar refractivity (Wildman–Crippen MR) is 55.9 cm³/mol. The Balaban J connectivity index is 2.07. The molecule has 1 fully saturated rings. The average Bonchev–Trinajstić information content (AvgIpc) is 2.29. The third kappa shape index (κ3) is 2.45. The van der Waals surface area contributed by atoms with Gasteiger partial charge in [0, 0.05) is 31.3 Å². The van der Waals surface area contributed by atoms with Gasteiger partial charge in [-0.25, -0.2) is 9.37 Å². The van der Waals surface area contributed by atoms with Crippen LogP contribution in [-0.4, -0.2) is 31.4 Å². The quantitative estimate of drug-likeness (QED) is 0.803. The van der Waals surface area contributed by atoms with Gasteiger partial charge < -0.3 is 10.1 Å². The number of rotatable bonds is 2. The minimum absolute atomic E-state index is 0.229. The maximum Gasteiger partial charge on any atom is 0.212 e. The van der Waals surface area contributed by atoms with Crippen molar-refractivity contribution in [2.45, 2.75) is 18.5 Å². The third-order valence-electron chi connectivity index (χ3n) is 2.74. The number of piperidine rings is 1. The van der Waals surface area contributed by atoms with Gasteiger partial charge in [0.2, 0.25) is 5.88 Å². The molecule has 3 nitrogen and oxygen atoms in total. The van der Waals surface area contributed by atoms with Gasteiger partial charge in [0.05, 0.1) is 7.11 Å². The number of nitrogens with one attached hydrogen (secondary N) is 1. The van der Waals surface area contributed by atoms with Gasteiger partial charge in [0.1, 0.15) is 6.17 Å². The lowest BCUT2D eigenvalue weighted by Crippen LogP contribution is -2.36. The first-order valence-corrected chi connectivity index (χ1v) is 5.14. The van der Waals surface area contributed by atoms with Gasteiger partial charge in [-0.2, -0.15) is 0 Å². The number of pyridine rings is 1. The Kier molecular flexibility index (Phi) is 3.16. The van der Waals surface area contributed by atoms with Crippen LogP contribution in [0.2, 0.25) is 0 Å². The Morgan fingerprint density at radius 1 is 1.47 bits per heavy atom. The molecule has 1 aliphatic rings. The van der Waals surface area contributed by atoms with Crippen LogP contribution in [0.5, 0.6) is 5.88 Å². The number of halogens is 1. The smallest absolute Gasteiger partial charge is 0.212 e. The maximum atomic E-state index is 13.2. The fourth-order valence-electron chi connectivity index (χ4n) is 1.90. The molecule has 0 amide bonds. The molecule has 0 aromatic carbocycles. The molecule has 0 aliphatic carbocycles. The molecule has 15 heavy (non-hydrogen) atoms. The van der Waals surface area contributed by atoms with Crippen LogP contribution >= 0.6 is 0 Å². The van der Waals surface area contributed by atoms with E-state index in [4.69, 9.17) is 4.74 Å². The van der Waals surface area contributed by atoms with Crippen molar-refractivity contribution in [2.24, 2.45) is 0 Å². The van der Waals surface area contributed by atoms with Crippen LogP contribution in [-0.2, 0) is 0 Å². The standard InChI is InChI=1S/C11H15FN2O/c1-15-11-3-2-8(6-14-11)9-4-10(12)7-13-5-9/h2-3,6,9-10,13H,4-5,7H2,1H3/t9-,10-/m1/s1. The van der Waals surface area contributed by atoms with Gasteiger partial charge in [-0.05, 0) is 12.0 Å². The lowest BCUT2D eigenvalue weighted by atomic mass is 9.92. The average molecular weight is 210 g/mol. The van der Waals surface area contributed by atoms with E-state index in [-0.39, 0.29) is 5.92 Å². The normalized spacial score (nSPS) is 26.3. The lowest BCUT2D eigenvalue weighted by molar-refractivity contribution is 0.247. The zero-order valence-corrected chi connectivity index (χ0v) is 8.74. The molecular formula is C11H15FN2O. The minimum atomic E-state index is -0.745. The van der Waals surface area contributed by atoms with Crippen molar-refractivity contribution >= 4 is 0 Å². The summed E-state index contributed by atoms with van der Waals surface area (Å²) in [4.78, 5) is 4.12. The molecule has 4 heteroatoms. The van der Waals surface area contributed by atoms with Crippen molar-refractivity contribution in [1.29, 1.82) is 0 Å². The minimum Gasteiger partial charge on any atom is -0.481 e. The number of hydrogen-bond donors (Lipinski definition) is 1. The fourth-order valence-corrected chi connectivity index (χ4v) is 1.90. The lowest BCUT2D eigenvalue weighted by Gasteiger charge is -2.25. The molecular weight excluding hydrogens is 195 g/mol. The summed E-state index contributed by atoms with van der Waals surface area (Å²) >= 11 is 0. The van der Waals surface area contributed by atoms with E-state index in [1.807, 2.05) is 12.1 Å². The second kappa shape index (κ2) is 4.57. The van der Waals surface area contributed by atoms with E-state index in [1.165, 1.54) is 0 Å². The molecule has 2 atom stereocenters. The number of aromatic nitrogens is 1. The molecule has 0 radical (unpaired) electrons. The van der Waals surface area contributed by atoms with Crippen molar-refractivity contribution in [1.82, 2.24) is 10.3 Å². The molecule has 1 aromatic heterocycles. The summed E-state index contributed by atoms with van der Waals surface area (Å²) in [6, 6.07) is 3.77. The second-order valence-electron chi connectivity index (χ2n) is 3.82. The summed E-state index contributed by atoms with van der Waals surface area (Å²) in [6.45, 7) is 1.30. The molecule has 0 saturated carbocycles. The Morgan fingerprint density at radius 3 is 2.93 bits per heavy atom. The van der Waals surface area contributed by atoms with E-state index in [9.17, 15) is 4.39 Å². The van der Waals surface area contributed by atoms with E-state index in [0.29, 0.717) is 18.8 Å². The van der Waals surface area contributed by atoms with Crippen molar-refractivity contribution in [3.63, 3.8) is 0 Å². The van der Waals surface area contributed by atoms with Gasteiger partial charge in [-0.1, -0.05) is 6.07 Å². The monoisotopic (exact) mass is 210 g/mol. The van der Waals surface area contributed by atoms with Gasteiger partial charge in [0.15, 0.2) is 0 Å². The van der Waals surface area contributed by atoms with E-state index in [1.54, 1.807) is 13.3 Å². The summed E-state index contributed by atoms with van der Waals surface area (Å²) in [5, 5.41) is 3.08. The third-order valence-corrected chi connectivity index (χ3v) is 2.74. The topological polar surface area (TPSA) is 34.1 Å². The number of nitrogens with zero attached hydrogens (tertiary/aromatic N) is 1. The van der Waals surface area contributed by atoms with Gasteiger partial charge in [-0.3, -0.25) is 0 Å². The summed E-state index contributed by atoms with van der Waals surface area (Å²) < 4.78 is 18.1. The Morgan fingerprint density at radius 2 is 2.33 bits per heavy atom. The maximum absolute atomic E-state index is 13.2. The first-order chi connectivity index (χ1) is 7.29. The first kappa shape index (κ1) is 10.4. The van der Waals surface area contributed by atoms with Crippen LogP contribution in [0.15, 0.2) is 18.3 Å². The largest absolute Gasteiger partial charge is 0.481 e. The Labute approximate surface area is 88.7 Å². The fraction of sp³-hybridized carbons (Fsp3) is 0.545. The highest BCUT2D eigenvalue weighted by molar-refractivity contribution is 5.22. The van der Waals surface area contributed by atoms with E-state index >= 15 is 0 Å². The second-order valence-corrected chi connectivity index (χ2v) is 3.82. The van der Waals surface area contributed by atoms with Crippen LogP contribution in [0.25, 0.3) is 0 Å². The van der Waals surface area contributed by atoms with Crippen molar-refractivity contribution in [3.8, 4) is 5.88 Å². The van der Waals surface area contributed by atoms with Gasteiger partial charge in [-0.15, -0.1) is 0 Å². The van der Waals surface area contributed by atoms with Crippen molar-refractivity contribution < 1.29 is 9.13 Å². The van der Waals surface area contributed by atoms with Crippen LogP contribution in [0, 0.1) is 0 Å². The molecule has 1 N–H and O–H groups in total. The SMILES string of the molecule is COc1ccc([C@H]2CNC[C@H](F)C2)cn1. The number of methoxy groups -OCH3 is 1. The highest BCUT2D eigenvalue weighted by atomic mass is 19.1. The zero-order chi connectivity index (χ0) is 10.7. The van der Waals surface area contributed by atoms with Crippen LogP contribution in [0.3, 0.4) is 0 Å². The molecule has 0 spiro atoms. The van der Waals surface area contributed by atoms with Crippen LogP contribution < -0.4 is 10.1 Å². The van der Waals surface area contributed by atoms with Crippen LogP contribution in [0.4, 0.5) is 4.39 Å². The van der Waals surface area contributed by atoms with E-state index in [0.717, 1.165) is 12.1 Å². The number of hydrogen-bond acceptors (Lipinski definition) is 3. The highest BCUT2D eigenvalue weighted by Crippen LogP contribution is 2.24. The molecule has 2 rings (SSSR count). The molecule has 1 aliphatic heterocycles. The summed E-state index contributed by atoms with van der Waals surface area (Å²) in [7, 11) is 1.59. The zero-order valence-electron chi connectivity index (χ0n) is 8.74. The molecule has 1 saturated heterocycles. The Hall–Kier alpha value is -1.16. The Bertz CT molecular complexity index is 315. The number of alkyl halides is 1. The highest BCUT2D eigenvalue weighted by Gasteiger charge is 2.22. The van der Waals surface area contributed by atoms with Crippen LogP contribution in [0.1, 0.15) is 17.9 Å². The van der Waals surface area contributed by atoms with Gasteiger partial charge >= 0.3 is 0 Å². The van der Waals surface area contributed by atoms with Crippen molar-refractivity contribution in [2.75, 3.05) is 20.2 Å². The summed E-state index contributed by atoms with van der Waals surface area (Å²) in [6.07, 6.45) is 1.61. The molecule has 1 aromatic rings. The van der Waals surface area contributed by atoms with Gasteiger partial charge in [0.25, 0.3) is 0 Å². The first-order valence-electron chi connectivity index (χ1n) is 5.14. The van der Waals surface area contributed by atoms with E-state index < -0.39 is 6.17 Å². The molecule has 0 unspecified atom stereocenters. The predicted octanol–water partition coefficient (Wildman–Crippen LogP) is 1.51. The summed E-state index contributed by atoms with van der Waals surface area (Å²) in [5.74, 6) is 0.825. The van der Waals surface area contributed by atoms with E-state index in [2.05, 4.69) is 10.3 Å². The van der Waals surface area contributed by atoms with Crippen molar-refractivity contribution in [3.05, 3.63) is 23.9 Å². The summed E-state index contributed by atoms with van der Waals surface area (Å²) in [5.41, 5.74) is 1.07.